The minimum atomic E-state index is 0.253. The molecule has 4 heteroatoms. The van der Waals surface area contributed by atoms with E-state index in [1.165, 1.54) is 11.1 Å². The highest BCUT2D eigenvalue weighted by atomic mass is 35.5. The zero-order chi connectivity index (χ0) is 12.4. The van der Waals surface area contributed by atoms with Gasteiger partial charge in [-0.05, 0) is 49.6 Å². The van der Waals surface area contributed by atoms with Crippen molar-refractivity contribution < 1.29 is 0 Å². The number of aryl methyl sites for hydroxylation is 2. The van der Waals surface area contributed by atoms with Gasteiger partial charge < -0.3 is 5.32 Å². The second kappa shape index (κ2) is 4.72. The molecule has 0 spiro atoms. The molecule has 3 nitrogen and oxygen atoms in total. The Bertz CT molecular complexity index is 552. The summed E-state index contributed by atoms with van der Waals surface area (Å²) in [7, 11) is 0. The van der Waals surface area contributed by atoms with E-state index in [0.717, 1.165) is 17.1 Å². The van der Waals surface area contributed by atoms with Gasteiger partial charge in [0.2, 0.25) is 5.28 Å². The average molecular weight is 248 g/mol. The maximum atomic E-state index is 5.79. The summed E-state index contributed by atoms with van der Waals surface area (Å²) >= 11 is 5.79. The van der Waals surface area contributed by atoms with Crippen molar-refractivity contribution in [3.63, 3.8) is 0 Å². The Kier molecular flexibility index (Phi) is 3.29. The lowest BCUT2D eigenvalue weighted by molar-refractivity contribution is 1.13. The van der Waals surface area contributed by atoms with Gasteiger partial charge in [-0.3, -0.25) is 0 Å². The Morgan fingerprint density at radius 2 is 1.88 bits per heavy atom. The third-order valence-electron chi connectivity index (χ3n) is 2.80. The largest absolute Gasteiger partial charge is 0.340 e. The summed E-state index contributed by atoms with van der Waals surface area (Å²) in [6.45, 7) is 6.11. The molecule has 88 valence electrons. The third kappa shape index (κ3) is 2.56. The van der Waals surface area contributed by atoms with Gasteiger partial charge in [-0.15, -0.1) is 0 Å². The van der Waals surface area contributed by atoms with E-state index in [2.05, 4.69) is 35.2 Å². The molecular weight excluding hydrogens is 234 g/mol. The van der Waals surface area contributed by atoms with Crippen molar-refractivity contribution in [2.24, 2.45) is 0 Å². The highest BCUT2D eigenvalue weighted by Gasteiger charge is 2.05. The number of benzene rings is 1. The second-order valence-corrected chi connectivity index (χ2v) is 4.38. The lowest BCUT2D eigenvalue weighted by Gasteiger charge is -2.12. The monoisotopic (exact) mass is 247 g/mol. The van der Waals surface area contributed by atoms with E-state index in [0.29, 0.717) is 0 Å². The molecule has 0 radical (unpaired) electrons. The highest BCUT2D eigenvalue weighted by Crippen LogP contribution is 2.23. The molecule has 1 aromatic carbocycles. The number of nitrogens with zero attached hydrogens (tertiary/aromatic N) is 2. The molecule has 0 saturated carbocycles. The van der Waals surface area contributed by atoms with Gasteiger partial charge in [-0.1, -0.05) is 12.1 Å². The van der Waals surface area contributed by atoms with Crippen LogP contribution in [0.3, 0.4) is 0 Å². The van der Waals surface area contributed by atoms with Gasteiger partial charge in [-0.2, -0.15) is 0 Å². The molecule has 17 heavy (non-hydrogen) atoms. The molecule has 2 aromatic rings. The van der Waals surface area contributed by atoms with E-state index in [-0.39, 0.29) is 5.28 Å². The summed E-state index contributed by atoms with van der Waals surface area (Å²) in [5, 5.41) is 3.54. The van der Waals surface area contributed by atoms with Crippen LogP contribution in [0.4, 0.5) is 11.5 Å². The van der Waals surface area contributed by atoms with Crippen LogP contribution in [0.1, 0.15) is 16.7 Å². The predicted octanol–water partition coefficient (Wildman–Crippen LogP) is 3.80. The van der Waals surface area contributed by atoms with Crippen LogP contribution in [0.5, 0.6) is 0 Å². The first kappa shape index (κ1) is 11.9. The minimum absolute atomic E-state index is 0.253. The molecule has 0 saturated heterocycles. The fraction of sp³-hybridized carbons (Fsp3) is 0.231. The number of hydrogen-bond donors (Lipinski definition) is 1. The summed E-state index contributed by atoms with van der Waals surface area (Å²) < 4.78 is 0. The quantitative estimate of drug-likeness (QED) is 0.821. The van der Waals surface area contributed by atoms with Crippen molar-refractivity contribution in [1.29, 1.82) is 0 Å². The van der Waals surface area contributed by atoms with Crippen LogP contribution in [0.25, 0.3) is 0 Å². The van der Waals surface area contributed by atoms with Crippen molar-refractivity contribution in [1.82, 2.24) is 9.97 Å². The molecule has 1 heterocycles. The SMILES string of the molecule is Cc1cnc(Cl)nc1Nc1cccc(C)c1C. The molecule has 2 rings (SSSR count). The van der Waals surface area contributed by atoms with Crippen molar-refractivity contribution in [2.75, 3.05) is 5.32 Å². The Morgan fingerprint density at radius 1 is 1.12 bits per heavy atom. The predicted molar refractivity (Wildman–Crippen MR) is 71.0 cm³/mol. The Morgan fingerprint density at radius 3 is 2.65 bits per heavy atom. The van der Waals surface area contributed by atoms with E-state index in [4.69, 9.17) is 11.6 Å². The number of nitrogens with one attached hydrogen (secondary N) is 1. The molecule has 1 aromatic heterocycles. The van der Waals surface area contributed by atoms with E-state index < -0.39 is 0 Å². The first-order chi connectivity index (χ1) is 8.08. The van der Waals surface area contributed by atoms with Crippen LogP contribution in [-0.4, -0.2) is 9.97 Å². The van der Waals surface area contributed by atoms with E-state index >= 15 is 0 Å². The van der Waals surface area contributed by atoms with Gasteiger partial charge in [0, 0.05) is 17.4 Å². The molecule has 1 N–H and O–H groups in total. The van der Waals surface area contributed by atoms with Crippen LogP contribution in [0.15, 0.2) is 24.4 Å². The normalized spacial score (nSPS) is 10.4. The standard InChI is InChI=1S/C13H14ClN3/c1-8-5-4-6-11(10(8)3)16-12-9(2)7-15-13(14)17-12/h4-7H,1-3H3,(H,15,16,17). The zero-order valence-electron chi connectivity index (χ0n) is 10.1. The first-order valence-corrected chi connectivity index (χ1v) is 5.78. The van der Waals surface area contributed by atoms with Crippen LogP contribution in [-0.2, 0) is 0 Å². The molecular formula is C13H14ClN3. The van der Waals surface area contributed by atoms with Crippen LogP contribution in [0, 0.1) is 20.8 Å². The van der Waals surface area contributed by atoms with Gasteiger partial charge in [-0.25, -0.2) is 9.97 Å². The van der Waals surface area contributed by atoms with Crippen LogP contribution < -0.4 is 5.32 Å². The fourth-order valence-corrected chi connectivity index (χ4v) is 1.69. The van der Waals surface area contributed by atoms with E-state index in [9.17, 15) is 0 Å². The summed E-state index contributed by atoms with van der Waals surface area (Å²) in [6, 6.07) is 6.13. The maximum absolute atomic E-state index is 5.79. The summed E-state index contributed by atoms with van der Waals surface area (Å²) in [5.74, 6) is 0.749. The van der Waals surface area contributed by atoms with Gasteiger partial charge in [0.1, 0.15) is 5.82 Å². The molecule has 0 fully saturated rings. The van der Waals surface area contributed by atoms with E-state index in [1.54, 1.807) is 6.20 Å². The lowest BCUT2D eigenvalue weighted by Crippen LogP contribution is -2.00. The lowest BCUT2D eigenvalue weighted by atomic mass is 10.1. The average Bonchev–Trinajstić information content (AvgIpc) is 2.30. The van der Waals surface area contributed by atoms with Crippen molar-refractivity contribution in [2.45, 2.75) is 20.8 Å². The number of hydrogen-bond acceptors (Lipinski definition) is 3. The first-order valence-electron chi connectivity index (χ1n) is 5.40. The van der Waals surface area contributed by atoms with Gasteiger partial charge in [0.05, 0.1) is 0 Å². The second-order valence-electron chi connectivity index (χ2n) is 4.04. The topological polar surface area (TPSA) is 37.8 Å². The highest BCUT2D eigenvalue weighted by molar-refractivity contribution is 6.28. The molecule has 0 amide bonds. The summed E-state index contributed by atoms with van der Waals surface area (Å²) in [5.41, 5.74) is 4.47. The van der Waals surface area contributed by atoms with Crippen LogP contribution >= 0.6 is 11.6 Å². The molecule has 0 atom stereocenters. The van der Waals surface area contributed by atoms with Gasteiger partial charge in [0.15, 0.2) is 0 Å². The van der Waals surface area contributed by atoms with Crippen molar-refractivity contribution in [3.8, 4) is 0 Å². The van der Waals surface area contributed by atoms with Crippen molar-refractivity contribution in [3.05, 3.63) is 46.4 Å². The number of rotatable bonds is 2. The molecule has 0 aliphatic carbocycles. The molecule has 0 unspecified atom stereocenters. The summed E-state index contributed by atoms with van der Waals surface area (Å²) in [4.78, 5) is 8.12. The Hall–Kier alpha value is -1.61. The number of anilines is 2. The molecule has 0 bridgehead atoms. The van der Waals surface area contributed by atoms with Gasteiger partial charge >= 0.3 is 0 Å². The summed E-state index contributed by atoms with van der Waals surface area (Å²) in [6.07, 6.45) is 1.71. The number of aromatic nitrogens is 2. The Labute approximate surface area is 106 Å². The zero-order valence-corrected chi connectivity index (χ0v) is 10.8. The van der Waals surface area contributed by atoms with E-state index in [1.807, 2.05) is 19.1 Å². The Balaban J connectivity index is 2.38. The van der Waals surface area contributed by atoms with Crippen LogP contribution in [0.2, 0.25) is 5.28 Å². The molecule has 0 aliphatic heterocycles. The number of halogens is 1. The minimum Gasteiger partial charge on any atom is -0.340 e. The smallest absolute Gasteiger partial charge is 0.224 e. The van der Waals surface area contributed by atoms with Crippen molar-refractivity contribution >= 4 is 23.1 Å². The molecule has 0 aliphatic rings. The fourth-order valence-electron chi connectivity index (χ4n) is 1.56. The third-order valence-corrected chi connectivity index (χ3v) is 2.98. The van der Waals surface area contributed by atoms with Gasteiger partial charge in [0.25, 0.3) is 0 Å². The maximum Gasteiger partial charge on any atom is 0.224 e.